The van der Waals surface area contributed by atoms with E-state index >= 15 is 0 Å². The maximum atomic E-state index is 12.5. The lowest BCUT2D eigenvalue weighted by atomic mass is 10.0. The van der Waals surface area contributed by atoms with E-state index in [0.29, 0.717) is 39.1 Å². The molecule has 0 bridgehead atoms. The van der Waals surface area contributed by atoms with E-state index in [2.05, 4.69) is 9.97 Å². The number of aryl methyl sites for hydroxylation is 1. The molecule has 2 fully saturated rings. The number of nitrogens with zero attached hydrogens (tertiary/aromatic N) is 3. The number of aromatic nitrogens is 2. The van der Waals surface area contributed by atoms with Gasteiger partial charge in [0.15, 0.2) is 5.79 Å². The van der Waals surface area contributed by atoms with E-state index in [4.69, 9.17) is 9.47 Å². The molecule has 2 aliphatic rings. The average molecular weight is 359 g/mol. The van der Waals surface area contributed by atoms with Crippen molar-refractivity contribution < 1.29 is 14.3 Å². The van der Waals surface area contributed by atoms with Gasteiger partial charge in [0.2, 0.25) is 5.91 Å². The van der Waals surface area contributed by atoms with Crippen molar-refractivity contribution in [2.24, 2.45) is 0 Å². The van der Waals surface area contributed by atoms with Crippen LogP contribution in [-0.4, -0.2) is 52.9 Å². The Labute approximate surface area is 150 Å². The molecule has 2 aromatic heterocycles. The van der Waals surface area contributed by atoms with Crippen molar-refractivity contribution in [3.63, 3.8) is 0 Å². The maximum absolute atomic E-state index is 12.5. The second-order valence-corrected chi connectivity index (χ2v) is 7.30. The van der Waals surface area contributed by atoms with Gasteiger partial charge in [-0.1, -0.05) is 0 Å². The molecule has 0 unspecified atom stereocenters. The van der Waals surface area contributed by atoms with Crippen molar-refractivity contribution in [2.75, 3.05) is 26.3 Å². The van der Waals surface area contributed by atoms with Crippen LogP contribution in [0.2, 0.25) is 0 Å². The number of carbonyl (C=O) groups excluding carboxylic acids is 1. The summed E-state index contributed by atoms with van der Waals surface area (Å²) in [6.07, 6.45) is 6.26. The van der Waals surface area contributed by atoms with Gasteiger partial charge in [0.1, 0.15) is 0 Å². The number of rotatable bonds is 4. The zero-order valence-corrected chi connectivity index (χ0v) is 14.8. The van der Waals surface area contributed by atoms with Gasteiger partial charge in [0.25, 0.3) is 0 Å². The zero-order valence-electron chi connectivity index (χ0n) is 14.0. The number of piperidine rings is 1. The largest absolute Gasteiger partial charge is 0.347 e. The third kappa shape index (κ3) is 3.73. The molecule has 6 nitrogen and oxygen atoms in total. The standard InChI is InChI=1S/C18H21N3O3S/c22-17(21-8-5-18(6-9-21)23-10-11-24-18)4-3-16-20-15(13-25-16)14-2-1-7-19-12-14/h1-2,7,12-13H,3-6,8-11H2. The van der Waals surface area contributed by atoms with Crippen molar-refractivity contribution in [1.29, 1.82) is 0 Å². The van der Waals surface area contributed by atoms with Crippen LogP contribution in [0.25, 0.3) is 11.3 Å². The Hall–Kier alpha value is -1.83. The minimum Gasteiger partial charge on any atom is -0.347 e. The van der Waals surface area contributed by atoms with Crippen LogP contribution in [0.15, 0.2) is 29.9 Å². The lowest BCUT2D eigenvalue weighted by molar-refractivity contribution is -0.187. The molecule has 7 heteroatoms. The van der Waals surface area contributed by atoms with Gasteiger partial charge < -0.3 is 14.4 Å². The Morgan fingerprint density at radius 1 is 1.28 bits per heavy atom. The molecule has 132 valence electrons. The molecule has 0 aromatic carbocycles. The molecule has 4 rings (SSSR count). The Morgan fingerprint density at radius 2 is 2.08 bits per heavy atom. The fourth-order valence-electron chi connectivity index (χ4n) is 3.33. The second kappa shape index (κ2) is 7.19. The summed E-state index contributed by atoms with van der Waals surface area (Å²) in [7, 11) is 0. The third-order valence-electron chi connectivity index (χ3n) is 4.75. The summed E-state index contributed by atoms with van der Waals surface area (Å²) in [5, 5.41) is 3.01. The van der Waals surface area contributed by atoms with E-state index in [0.717, 1.165) is 29.1 Å². The Morgan fingerprint density at radius 3 is 2.80 bits per heavy atom. The number of likely N-dealkylation sites (tertiary alicyclic amines) is 1. The average Bonchev–Trinajstić information content (AvgIpc) is 3.31. The summed E-state index contributed by atoms with van der Waals surface area (Å²) in [6, 6.07) is 3.90. The van der Waals surface area contributed by atoms with Gasteiger partial charge in [-0.2, -0.15) is 0 Å². The quantitative estimate of drug-likeness (QED) is 0.839. The molecule has 0 saturated carbocycles. The highest BCUT2D eigenvalue weighted by atomic mass is 32.1. The highest BCUT2D eigenvalue weighted by Gasteiger charge is 2.40. The van der Waals surface area contributed by atoms with Crippen molar-refractivity contribution in [1.82, 2.24) is 14.9 Å². The summed E-state index contributed by atoms with van der Waals surface area (Å²) in [5.41, 5.74) is 1.94. The first-order valence-corrected chi connectivity index (χ1v) is 9.53. The maximum Gasteiger partial charge on any atom is 0.222 e. The van der Waals surface area contributed by atoms with Crippen LogP contribution in [0, 0.1) is 0 Å². The van der Waals surface area contributed by atoms with Crippen LogP contribution >= 0.6 is 11.3 Å². The van der Waals surface area contributed by atoms with Gasteiger partial charge in [0, 0.05) is 62.1 Å². The smallest absolute Gasteiger partial charge is 0.222 e. The molecule has 2 aliphatic heterocycles. The topological polar surface area (TPSA) is 64.6 Å². The van der Waals surface area contributed by atoms with Gasteiger partial charge in [-0.05, 0) is 12.1 Å². The van der Waals surface area contributed by atoms with Crippen molar-refractivity contribution in [3.05, 3.63) is 34.9 Å². The molecule has 0 atom stereocenters. The first kappa shape index (κ1) is 16.6. The van der Waals surface area contributed by atoms with E-state index in [9.17, 15) is 4.79 Å². The Balaban J connectivity index is 1.29. The molecular formula is C18H21N3O3S. The first-order chi connectivity index (χ1) is 12.2. The fraction of sp³-hybridized carbons (Fsp3) is 0.500. The van der Waals surface area contributed by atoms with Gasteiger partial charge in [-0.25, -0.2) is 4.98 Å². The number of ether oxygens (including phenoxy) is 2. The Bertz CT molecular complexity index is 718. The molecule has 0 N–H and O–H groups in total. The summed E-state index contributed by atoms with van der Waals surface area (Å²) >= 11 is 1.60. The summed E-state index contributed by atoms with van der Waals surface area (Å²) < 4.78 is 11.4. The van der Waals surface area contributed by atoms with Crippen LogP contribution in [0.1, 0.15) is 24.3 Å². The zero-order chi connectivity index (χ0) is 17.1. The molecule has 2 saturated heterocycles. The molecule has 25 heavy (non-hydrogen) atoms. The summed E-state index contributed by atoms with van der Waals surface area (Å²) in [5.74, 6) is -0.240. The monoisotopic (exact) mass is 359 g/mol. The van der Waals surface area contributed by atoms with Crippen LogP contribution in [0.3, 0.4) is 0 Å². The minimum absolute atomic E-state index is 0.186. The molecular weight excluding hydrogens is 338 g/mol. The molecule has 0 radical (unpaired) electrons. The van der Waals surface area contributed by atoms with E-state index < -0.39 is 5.79 Å². The lowest BCUT2D eigenvalue weighted by Crippen LogP contribution is -2.47. The lowest BCUT2D eigenvalue weighted by Gasteiger charge is -2.37. The van der Waals surface area contributed by atoms with Gasteiger partial charge in [0.05, 0.1) is 23.9 Å². The number of carbonyl (C=O) groups is 1. The summed E-state index contributed by atoms with van der Waals surface area (Å²) in [4.78, 5) is 23.1. The normalized spacial score (nSPS) is 19.4. The van der Waals surface area contributed by atoms with Crippen LogP contribution in [0.4, 0.5) is 0 Å². The van der Waals surface area contributed by atoms with Crippen LogP contribution in [-0.2, 0) is 20.7 Å². The van der Waals surface area contributed by atoms with Gasteiger partial charge in [-0.3, -0.25) is 9.78 Å². The van der Waals surface area contributed by atoms with E-state index in [1.54, 1.807) is 23.7 Å². The van der Waals surface area contributed by atoms with E-state index in [1.165, 1.54) is 0 Å². The molecule has 1 amide bonds. The highest BCUT2D eigenvalue weighted by molar-refractivity contribution is 7.09. The second-order valence-electron chi connectivity index (χ2n) is 6.36. The highest BCUT2D eigenvalue weighted by Crippen LogP contribution is 2.31. The predicted octanol–water partition coefficient (Wildman–Crippen LogP) is 2.50. The summed E-state index contributed by atoms with van der Waals surface area (Å²) in [6.45, 7) is 2.74. The fourth-order valence-corrected chi connectivity index (χ4v) is 4.13. The van der Waals surface area contributed by atoms with E-state index in [1.807, 2.05) is 22.4 Å². The van der Waals surface area contributed by atoms with Gasteiger partial charge >= 0.3 is 0 Å². The third-order valence-corrected chi connectivity index (χ3v) is 5.66. The predicted molar refractivity (Wildman–Crippen MR) is 94.1 cm³/mol. The number of thiazole rings is 1. The number of hydrogen-bond acceptors (Lipinski definition) is 6. The molecule has 4 heterocycles. The SMILES string of the molecule is O=C(CCc1nc(-c2cccnc2)cs1)N1CCC2(CC1)OCCO2. The molecule has 1 spiro atoms. The van der Waals surface area contributed by atoms with Crippen LogP contribution in [0.5, 0.6) is 0 Å². The van der Waals surface area contributed by atoms with E-state index in [-0.39, 0.29) is 5.91 Å². The molecule has 0 aliphatic carbocycles. The van der Waals surface area contributed by atoms with Gasteiger partial charge in [-0.15, -0.1) is 11.3 Å². The molecule has 2 aromatic rings. The van der Waals surface area contributed by atoms with Crippen molar-refractivity contribution in [3.8, 4) is 11.3 Å². The minimum atomic E-state index is -0.426. The number of amides is 1. The number of pyridine rings is 1. The Kier molecular flexibility index (Phi) is 4.78. The van der Waals surface area contributed by atoms with Crippen LogP contribution < -0.4 is 0 Å². The first-order valence-electron chi connectivity index (χ1n) is 8.65. The van der Waals surface area contributed by atoms with Crippen molar-refractivity contribution >= 4 is 17.2 Å². The van der Waals surface area contributed by atoms with Crippen molar-refractivity contribution in [2.45, 2.75) is 31.5 Å². The number of hydrogen-bond donors (Lipinski definition) is 0.